The number of halogens is 2. The van der Waals surface area contributed by atoms with Crippen LogP contribution in [-0.2, 0) is 20.2 Å². The summed E-state index contributed by atoms with van der Waals surface area (Å²) < 4.78 is 19.5. The molecule has 6 rings (SSSR count). The molecule has 1 unspecified atom stereocenters. The van der Waals surface area contributed by atoms with E-state index >= 15 is 0 Å². The van der Waals surface area contributed by atoms with Gasteiger partial charge < -0.3 is 0 Å². The van der Waals surface area contributed by atoms with E-state index in [-0.39, 0.29) is 0 Å². The SMILES string of the molecule is Cc1[cH-]c2ccccc2c1Pc1ccccc1.Cc1cc2c(-c3ccccc3)cccc2[cH-]1.[F][Ti][F]. The van der Waals surface area contributed by atoms with Gasteiger partial charge in [-0.3, -0.25) is 0 Å². The molecule has 180 valence electrons. The van der Waals surface area contributed by atoms with Crippen LogP contribution in [0.5, 0.6) is 0 Å². The van der Waals surface area contributed by atoms with E-state index in [2.05, 4.69) is 135 Å². The molecule has 6 aromatic carbocycles. The predicted molar refractivity (Wildman–Crippen MR) is 150 cm³/mol. The van der Waals surface area contributed by atoms with Crippen molar-refractivity contribution in [3.8, 4) is 11.1 Å². The second-order valence-electron chi connectivity index (χ2n) is 8.56. The van der Waals surface area contributed by atoms with Gasteiger partial charge in [0.25, 0.3) is 0 Å². The van der Waals surface area contributed by atoms with Crippen molar-refractivity contribution >= 4 is 40.7 Å². The Bertz CT molecular complexity index is 1520. The third-order valence-corrected chi connectivity index (χ3v) is 7.56. The molecule has 0 nitrogen and oxygen atoms in total. The molecule has 0 saturated heterocycles. The van der Waals surface area contributed by atoms with Crippen LogP contribution in [0.3, 0.4) is 0 Å². The first kappa shape index (κ1) is 26.2. The van der Waals surface area contributed by atoms with Crippen molar-refractivity contribution in [1.29, 1.82) is 0 Å². The Balaban J connectivity index is 0.000000153. The van der Waals surface area contributed by atoms with Gasteiger partial charge in [-0.1, -0.05) is 92.2 Å². The molecule has 0 N–H and O–H groups in total. The normalized spacial score (nSPS) is 10.7. The summed E-state index contributed by atoms with van der Waals surface area (Å²) in [7, 11) is 0.754. The van der Waals surface area contributed by atoms with Gasteiger partial charge in [0, 0.05) is 0 Å². The van der Waals surface area contributed by atoms with Crippen LogP contribution in [0.4, 0.5) is 6.18 Å². The van der Waals surface area contributed by atoms with Crippen LogP contribution in [0.25, 0.3) is 32.7 Å². The Morgan fingerprint density at radius 3 is 1.94 bits per heavy atom. The average molecular weight is 528 g/mol. The zero-order valence-corrected chi connectivity index (χ0v) is 22.9. The molecule has 0 heterocycles. The molecular formula is C32H27F2PTi-2. The fourth-order valence-electron chi connectivity index (χ4n) is 4.45. The van der Waals surface area contributed by atoms with Gasteiger partial charge in [-0.15, -0.1) is 89.0 Å². The monoisotopic (exact) mass is 528 g/mol. The Morgan fingerprint density at radius 1 is 0.639 bits per heavy atom. The number of rotatable bonds is 3. The zero-order valence-electron chi connectivity index (χ0n) is 20.3. The van der Waals surface area contributed by atoms with Gasteiger partial charge >= 0.3 is 26.4 Å². The Morgan fingerprint density at radius 2 is 1.22 bits per heavy atom. The Kier molecular flexibility index (Phi) is 9.37. The van der Waals surface area contributed by atoms with Gasteiger partial charge in [0.2, 0.25) is 0 Å². The van der Waals surface area contributed by atoms with E-state index in [4.69, 9.17) is 0 Å². The molecule has 6 aromatic rings. The van der Waals surface area contributed by atoms with E-state index < -0.39 is 20.2 Å². The van der Waals surface area contributed by atoms with Gasteiger partial charge in [-0.05, 0) is 10.9 Å². The van der Waals surface area contributed by atoms with E-state index in [1.807, 2.05) is 0 Å². The van der Waals surface area contributed by atoms with Crippen molar-refractivity contribution < 1.29 is 26.4 Å². The van der Waals surface area contributed by atoms with Crippen molar-refractivity contribution in [2.75, 3.05) is 0 Å². The van der Waals surface area contributed by atoms with Crippen LogP contribution < -0.4 is 10.6 Å². The van der Waals surface area contributed by atoms with Crippen LogP contribution in [0, 0.1) is 13.8 Å². The molecule has 0 aliphatic heterocycles. The first-order valence-electron chi connectivity index (χ1n) is 11.8. The molecule has 0 spiro atoms. The standard InChI is InChI=1S/C16H14P.C16H13.2FH.Ti/c1-12-11-13-7-5-6-10-15(13)16(12)17-14-8-3-2-4-9-14;1-12-10-14-8-5-9-15(16(14)11-12)13-6-3-2-4-7-13;;;/h2-11,17H,1H3;2-11H,1H3;2*1H;/q2*-1;;;+2/p-2. The molecule has 0 fully saturated rings. The summed E-state index contributed by atoms with van der Waals surface area (Å²) in [5, 5.41) is 8.36. The first-order chi connectivity index (χ1) is 17.6. The third kappa shape index (κ3) is 6.45. The number of benzene rings is 4. The van der Waals surface area contributed by atoms with Crippen LogP contribution in [0.1, 0.15) is 11.1 Å². The van der Waals surface area contributed by atoms with Crippen molar-refractivity contribution in [1.82, 2.24) is 0 Å². The van der Waals surface area contributed by atoms with Crippen LogP contribution >= 0.6 is 8.58 Å². The molecule has 1 atom stereocenters. The molecule has 36 heavy (non-hydrogen) atoms. The number of hydrogen-bond donors (Lipinski definition) is 0. The van der Waals surface area contributed by atoms with Gasteiger partial charge in [0.15, 0.2) is 0 Å². The summed E-state index contributed by atoms with van der Waals surface area (Å²) >= 11 is -2.50. The zero-order chi connectivity index (χ0) is 25.3. The van der Waals surface area contributed by atoms with Gasteiger partial charge in [-0.2, -0.15) is 6.07 Å². The number of hydrogen-bond acceptors (Lipinski definition) is 0. The fraction of sp³-hybridized carbons (Fsp3) is 0.0625. The summed E-state index contributed by atoms with van der Waals surface area (Å²) in [5.74, 6) is 0. The summed E-state index contributed by atoms with van der Waals surface area (Å²) in [6.07, 6.45) is 0. The molecule has 0 radical (unpaired) electrons. The second-order valence-corrected chi connectivity index (χ2v) is 10.1. The van der Waals surface area contributed by atoms with Gasteiger partial charge in [-0.25, -0.2) is 0 Å². The van der Waals surface area contributed by atoms with Crippen molar-refractivity contribution in [3.05, 3.63) is 132 Å². The summed E-state index contributed by atoms with van der Waals surface area (Å²) in [6, 6.07) is 43.2. The quantitative estimate of drug-likeness (QED) is 0.122. The molecule has 0 aliphatic carbocycles. The van der Waals surface area contributed by atoms with Crippen LogP contribution in [-0.4, -0.2) is 0 Å². The Hall–Kier alpha value is -2.90. The summed E-state index contributed by atoms with van der Waals surface area (Å²) in [4.78, 5) is 0. The van der Waals surface area contributed by atoms with E-state index in [9.17, 15) is 6.18 Å². The van der Waals surface area contributed by atoms with E-state index in [1.165, 1.54) is 54.4 Å². The van der Waals surface area contributed by atoms with Crippen molar-refractivity contribution in [2.45, 2.75) is 13.8 Å². The second kappa shape index (κ2) is 12.9. The Labute approximate surface area is 223 Å². The average Bonchev–Trinajstić information content (AvgIpc) is 3.44. The summed E-state index contributed by atoms with van der Waals surface area (Å²) in [5.41, 5.74) is 5.36. The molecule has 0 aliphatic rings. The molecule has 0 amide bonds. The number of aryl methyl sites for hydroxylation is 2. The molecule has 4 heteroatoms. The van der Waals surface area contributed by atoms with E-state index in [0.29, 0.717) is 0 Å². The summed E-state index contributed by atoms with van der Waals surface area (Å²) in [6.45, 7) is 4.36. The van der Waals surface area contributed by atoms with E-state index in [0.717, 1.165) is 8.58 Å². The van der Waals surface area contributed by atoms with Gasteiger partial charge in [0.1, 0.15) is 0 Å². The number of fused-ring (bicyclic) bond motifs is 2. The van der Waals surface area contributed by atoms with Crippen LogP contribution in [0.15, 0.2) is 121 Å². The predicted octanol–water partition coefficient (Wildman–Crippen LogP) is 8.87. The van der Waals surface area contributed by atoms with E-state index in [1.54, 1.807) is 0 Å². The third-order valence-electron chi connectivity index (χ3n) is 6.02. The van der Waals surface area contributed by atoms with Gasteiger partial charge in [0.05, 0.1) is 0 Å². The topological polar surface area (TPSA) is 0 Å². The molecule has 0 saturated carbocycles. The maximum absolute atomic E-state index is 9.75. The minimum atomic E-state index is -2.50. The van der Waals surface area contributed by atoms with Crippen molar-refractivity contribution in [3.63, 3.8) is 0 Å². The maximum atomic E-state index is 9.75. The minimum absolute atomic E-state index is 0.754. The molecular weight excluding hydrogens is 501 g/mol. The van der Waals surface area contributed by atoms with Crippen molar-refractivity contribution in [2.24, 2.45) is 0 Å². The molecule has 0 aromatic heterocycles. The fourth-order valence-corrected chi connectivity index (χ4v) is 5.73. The molecule has 0 bridgehead atoms. The first-order valence-corrected chi connectivity index (χ1v) is 13.9. The van der Waals surface area contributed by atoms with Crippen LogP contribution in [0.2, 0.25) is 0 Å².